The predicted molar refractivity (Wildman–Crippen MR) is 213 cm³/mol. The fourth-order valence-corrected chi connectivity index (χ4v) is 11.5. The molecule has 2 saturated carbocycles. The van der Waals surface area contributed by atoms with Crippen LogP contribution in [0.2, 0.25) is 0 Å². The highest BCUT2D eigenvalue weighted by Gasteiger charge is 2.85. The second-order valence-corrected chi connectivity index (χ2v) is 19.4. The third-order valence-electron chi connectivity index (χ3n) is 12.0. The maximum Gasteiger partial charge on any atom is 0.435 e. The quantitative estimate of drug-likeness (QED) is 0.0382. The Hall–Kier alpha value is -0.960. The van der Waals surface area contributed by atoms with Gasteiger partial charge in [-0.1, -0.05) is 34.6 Å². The number of fused-ring (bicyclic) bond motifs is 5. The molecule has 0 spiro atoms. The summed E-state index contributed by atoms with van der Waals surface area (Å²) < 4.78 is 161. The van der Waals surface area contributed by atoms with Crippen LogP contribution in [-0.4, -0.2) is 113 Å². The lowest BCUT2D eigenvalue weighted by molar-refractivity contribution is -0.457. The van der Waals surface area contributed by atoms with Crippen LogP contribution < -0.4 is 10.1 Å². The van der Waals surface area contributed by atoms with E-state index in [4.69, 9.17) is 28.4 Å². The fraction of sp³-hybridized carbons (Fsp3) is 0.846. The number of halogens is 9. The monoisotopic (exact) mass is 935 g/mol. The van der Waals surface area contributed by atoms with Crippen molar-refractivity contribution in [3.63, 3.8) is 0 Å². The van der Waals surface area contributed by atoms with Gasteiger partial charge in [0.25, 0.3) is 0 Å². The normalized spacial score (nSPS) is 24.5. The number of methoxy groups -OCH3 is 1. The van der Waals surface area contributed by atoms with Crippen molar-refractivity contribution in [1.82, 2.24) is 5.32 Å². The van der Waals surface area contributed by atoms with Crippen molar-refractivity contribution in [2.75, 3.05) is 78.0 Å². The third-order valence-corrected chi connectivity index (χ3v) is 14.9. The number of nitrogens with one attached hydrogen (secondary N) is 1. The minimum Gasteiger partial charge on any atom is -0.492 e. The molecule has 0 saturated heterocycles. The second kappa shape index (κ2) is 23.8. The summed E-state index contributed by atoms with van der Waals surface area (Å²) in [5, 5.41) is 3.42. The first-order valence-corrected chi connectivity index (χ1v) is 24.2. The Morgan fingerprint density at radius 2 is 1.60 bits per heavy atom. The van der Waals surface area contributed by atoms with E-state index in [2.05, 4.69) is 29.1 Å². The first-order chi connectivity index (χ1) is 28.4. The minimum atomic E-state index is -6.75. The highest BCUT2D eigenvalue weighted by atomic mass is 33.1. The van der Waals surface area contributed by atoms with Crippen molar-refractivity contribution < 1.29 is 77.2 Å². The third kappa shape index (κ3) is 13.8. The van der Waals surface area contributed by atoms with E-state index in [1.54, 1.807) is 17.9 Å². The zero-order valence-electron chi connectivity index (χ0n) is 34.0. The van der Waals surface area contributed by atoms with Crippen molar-refractivity contribution in [2.45, 2.75) is 107 Å². The van der Waals surface area contributed by atoms with Crippen LogP contribution in [0.25, 0.3) is 0 Å². The van der Waals surface area contributed by atoms with E-state index in [9.17, 15) is 44.1 Å². The Bertz CT molecular complexity index is 1430. The van der Waals surface area contributed by atoms with Crippen molar-refractivity contribution in [3.8, 4) is 5.75 Å². The van der Waals surface area contributed by atoms with E-state index in [1.165, 1.54) is 11.1 Å². The fourth-order valence-electron chi connectivity index (χ4n) is 9.16. The van der Waals surface area contributed by atoms with Gasteiger partial charge in [0.1, 0.15) is 12.4 Å². The average Bonchev–Trinajstić information content (AvgIpc) is 3.50. The molecule has 2 N–H and O–H groups in total. The van der Waals surface area contributed by atoms with Crippen molar-refractivity contribution in [3.05, 3.63) is 29.3 Å². The molecule has 3 aliphatic rings. The molecule has 0 aromatic heterocycles. The lowest BCUT2D eigenvalue weighted by atomic mass is 9.55. The van der Waals surface area contributed by atoms with Gasteiger partial charge < -0.3 is 38.4 Å². The number of alkyl halides is 9. The standard InChI is InChI=1S/C39H59F9NO8PS2/c1-35-14-13-31-30-10-8-29(54-20-16-49-15-4-22-59-60-23-21-53-17-3-6-27(25-52-2)26-57-58(50)51)24-28(30)7-9-32(31)33(35)11-12-34(35)55-18-5-19-56-36(37(40,41)42,38(43,44)45)39(46,47)48/h8,10,24,27,31-34,49,58H,3-7,9,11-23,25-26H2,1-2H3,(H,50,51). The summed E-state index contributed by atoms with van der Waals surface area (Å²) in [4.78, 5) is 8.85. The van der Waals surface area contributed by atoms with Gasteiger partial charge in [0.05, 0.1) is 32.5 Å². The number of hydrogen-bond acceptors (Lipinski definition) is 10. The van der Waals surface area contributed by atoms with Crippen molar-refractivity contribution >= 4 is 29.8 Å². The topological polar surface area (TPSA) is 105 Å². The molecule has 1 aromatic rings. The molecule has 7 unspecified atom stereocenters. The van der Waals surface area contributed by atoms with E-state index < -0.39 is 45.4 Å². The molecule has 1 aromatic carbocycles. The first-order valence-electron chi connectivity index (χ1n) is 20.4. The molecule has 0 heterocycles. The van der Waals surface area contributed by atoms with Gasteiger partial charge in [-0.25, -0.2) is 0 Å². The smallest absolute Gasteiger partial charge is 0.435 e. The van der Waals surface area contributed by atoms with Gasteiger partial charge in [0.2, 0.25) is 0 Å². The molecule has 2 fully saturated rings. The second-order valence-electron chi connectivity index (χ2n) is 15.9. The van der Waals surface area contributed by atoms with Crippen LogP contribution in [0, 0.1) is 23.2 Å². The molecule has 7 atom stereocenters. The molecule has 0 aliphatic heterocycles. The molecular formula is C39H59F9NO8PS2. The SMILES string of the molecule is COCC(CCCOCCSSCCCNCCOc1ccc2c(c1)CCC1C2CCC2(C)C(OCCCOC(C(F)(F)F)(C(F)(F)F)C(F)(F)F)CCC12)CO[PH](=O)O. The van der Waals surface area contributed by atoms with Gasteiger partial charge in [-0.3, -0.25) is 4.57 Å². The van der Waals surface area contributed by atoms with Crippen LogP contribution in [0.5, 0.6) is 5.75 Å². The van der Waals surface area contributed by atoms with Crippen LogP contribution in [-0.2, 0) is 34.5 Å². The zero-order chi connectivity index (χ0) is 44.0. The van der Waals surface area contributed by atoms with E-state index >= 15 is 0 Å². The average molecular weight is 936 g/mol. The maximum atomic E-state index is 13.2. The number of hydrogen-bond donors (Lipinski definition) is 2. The summed E-state index contributed by atoms with van der Waals surface area (Å²) in [7, 11) is 2.26. The summed E-state index contributed by atoms with van der Waals surface area (Å²) >= 11 is 0. The highest BCUT2D eigenvalue weighted by Crippen LogP contribution is 2.62. The number of rotatable bonds is 27. The van der Waals surface area contributed by atoms with Gasteiger partial charge >= 0.3 is 32.4 Å². The summed E-state index contributed by atoms with van der Waals surface area (Å²) in [6.07, 6.45) is -13.4. The van der Waals surface area contributed by atoms with E-state index in [1.807, 2.05) is 16.9 Å². The van der Waals surface area contributed by atoms with Crippen LogP contribution in [0.4, 0.5) is 39.5 Å². The largest absolute Gasteiger partial charge is 0.492 e. The van der Waals surface area contributed by atoms with E-state index in [0.29, 0.717) is 50.6 Å². The molecule has 0 radical (unpaired) electrons. The lowest BCUT2D eigenvalue weighted by Gasteiger charge is -2.50. The Kier molecular flexibility index (Phi) is 20.5. The molecule has 60 heavy (non-hydrogen) atoms. The zero-order valence-corrected chi connectivity index (χ0v) is 36.6. The summed E-state index contributed by atoms with van der Waals surface area (Å²) in [6.45, 7) is 4.45. The number of benzene rings is 1. The molecule has 0 amide bonds. The molecule has 348 valence electrons. The minimum absolute atomic E-state index is 0.0657. The van der Waals surface area contributed by atoms with Gasteiger partial charge in [-0.15, -0.1) is 0 Å². The number of aryl methyl sites for hydroxylation is 1. The Morgan fingerprint density at radius 3 is 2.30 bits per heavy atom. The van der Waals surface area contributed by atoms with Gasteiger partial charge in [-0.2, -0.15) is 39.5 Å². The van der Waals surface area contributed by atoms with Crippen molar-refractivity contribution in [2.24, 2.45) is 23.2 Å². The van der Waals surface area contributed by atoms with Crippen LogP contribution in [0.15, 0.2) is 18.2 Å². The van der Waals surface area contributed by atoms with Gasteiger partial charge in [0.15, 0.2) is 0 Å². The van der Waals surface area contributed by atoms with Crippen LogP contribution >= 0.6 is 29.8 Å². The Morgan fingerprint density at radius 1 is 0.867 bits per heavy atom. The molecule has 21 heteroatoms. The number of ether oxygens (including phenoxy) is 5. The van der Waals surface area contributed by atoms with Crippen LogP contribution in [0.3, 0.4) is 0 Å². The van der Waals surface area contributed by atoms with Gasteiger partial charge in [0, 0.05) is 44.3 Å². The molecule has 0 bridgehead atoms. The van der Waals surface area contributed by atoms with Gasteiger partial charge in [-0.05, 0) is 117 Å². The molecule has 3 aliphatic carbocycles. The molecule has 4 rings (SSSR count). The van der Waals surface area contributed by atoms with E-state index in [-0.39, 0.29) is 30.7 Å². The molecular weight excluding hydrogens is 877 g/mol. The summed E-state index contributed by atoms with van der Waals surface area (Å²) in [5.74, 6) is 3.82. The lowest BCUT2D eigenvalue weighted by Crippen LogP contribution is -2.67. The maximum absolute atomic E-state index is 13.2. The van der Waals surface area contributed by atoms with Crippen molar-refractivity contribution in [1.29, 1.82) is 0 Å². The Labute approximate surface area is 354 Å². The van der Waals surface area contributed by atoms with E-state index in [0.717, 1.165) is 81.7 Å². The Balaban J connectivity index is 1.08. The first kappa shape index (κ1) is 51.7. The highest BCUT2D eigenvalue weighted by molar-refractivity contribution is 8.76. The summed E-state index contributed by atoms with van der Waals surface area (Å²) in [6, 6.07) is 6.29. The molecule has 9 nitrogen and oxygen atoms in total. The predicted octanol–water partition coefficient (Wildman–Crippen LogP) is 9.96. The summed E-state index contributed by atoms with van der Waals surface area (Å²) in [5.41, 5.74) is -3.95. The van der Waals surface area contributed by atoms with Crippen LogP contribution in [0.1, 0.15) is 81.8 Å².